The van der Waals surface area contributed by atoms with Crippen molar-refractivity contribution in [3.63, 3.8) is 0 Å². The number of halogens is 2. The third-order valence-electron chi connectivity index (χ3n) is 3.05. The average Bonchev–Trinajstić information content (AvgIpc) is 2.78. The summed E-state index contributed by atoms with van der Waals surface area (Å²) in [7, 11) is 0. The zero-order valence-electron chi connectivity index (χ0n) is 10.9. The molecule has 4 nitrogen and oxygen atoms in total. The molecule has 3 rings (SSSR count). The molecule has 108 valence electrons. The number of benzene rings is 2. The molecule has 1 aromatic heterocycles. The minimum atomic E-state index is -0.369. The lowest BCUT2D eigenvalue weighted by Crippen LogP contribution is -2.18. The molecule has 2 aromatic carbocycles. The quantitative estimate of drug-likeness (QED) is 0.645. The molecular formula is C15H11Br2NO3. The van der Waals surface area contributed by atoms with Crippen LogP contribution in [-0.4, -0.2) is 11.2 Å². The number of hydrogen-bond donors (Lipinski definition) is 0. The molecule has 0 saturated heterocycles. The topological polar surface area (TPSA) is 44.4 Å². The molecule has 0 radical (unpaired) electrons. The second-order valence-electron chi connectivity index (χ2n) is 4.39. The van der Waals surface area contributed by atoms with E-state index in [0.29, 0.717) is 18.7 Å². The second-order valence-corrected chi connectivity index (χ2v) is 6.10. The van der Waals surface area contributed by atoms with Crippen molar-refractivity contribution in [1.29, 1.82) is 0 Å². The monoisotopic (exact) mass is 411 g/mol. The van der Waals surface area contributed by atoms with Gasteiger partial charge in [-0.05, 0) is 56.1 Å². The fraction of sp³-hybridized carbons (Fsp3) is 0.133. The van der Waals surface area contributed by atoms with Gasteiger partial charge in [0, 0.05) is 0 Å². The molecule has 0 fully saturated rings. The van der Waals surface area contributed by atoms with Gasteiger partial charge in [-0.3, -0.25) is 4.57 Å². The molecule has 0 atom stereocenters. The van der Waals surface area contributed by atoms with Crippen LogP contribution in [0.4, 0.5) is 0 Å². The Morgan fingerprint density at radius 3 is 2.52 bits per heavy atom. The molecule has 0 unspecified atom stereocenters. The number of ether oxygens (including phenoxy) is 1. The summed E-state index contributed by atoms with van der Waals surface area (Å²) in [5.74, 6) is 0.351. The standard InChI is InChI=1S/C15H11Br2NO3/c16-10-4-3-5-11(17)14(10)20-9-8-18-12-6-1-2-7-13(12)21-15(18)19/h1-7H,8-9H2. The first-order valence-corrected chi connectivity index (χ1v) is 7.90. The molecule has 0 aliphatic carbocycles. The van der Waals surface area contributed by atoms with Crippen LogP contribution < -0.4 is 10.5 Å². The smallest absolute Gasteiger partial charge is 0.420 e. The van der Waals surface area contributed by atoms with Gasteiger partial charge in [-0.15, -0.1) is 0 Å². The van der Waals surface area contributed by atoms with Crippen LogP contribution in [0.25, 0.3) is 11.1 Å². The third kappa shape index (κ3) is 2.91. The normalized spacial score (nSPS) is 11.0. The van der Waals surface area contributed by atoms with E-state index in [1.54, 1.807) is 10.6 Å². The molecule has 21 heavy (non-hydrogen) atoms. The van der Waals surface area contributed by atoms with Crippen LogP contribution in [-0.2, 0) is 6.54 Å². The number of para-hydroxylation sites is 3. The number of oxazole rings is 1. The molecule has 0 spiro atoms. The van der Waals surface area contributed by atoms with E-state index in [1.165, 1.54) is 0 Å². The number of rotatable bonds is 4. The fourth-order valence-corrected chi connectivity index (χ4v) is 3.31. The van der Waals surface area contributed by atoms with E-state index in [9.17, 15) is 4.79 Å². The van der Waals surface area contributed by atoms with Gasteiger partial charge < -0.3 is 9.15 Å². The van der Waals surface area contributed by atoms with Crippen molar-refractivity contribution in [2.24, 2.45) is 0 Å². The van der Waals surface area contributed by atoms with Crippen LogP contribution in [0.2, 0.25) is 0 Å². The summed E-state index contributed by atoms with van der Waals surface area (Å²) >= 11 is 6.88. The first kappa shape index (κ1) is 14.4. The van der Waals surface area contributed by atoms with E-state index >= 15 is 0 Å². The van der Waals surface area contributed by atoms with Gasteiger partial charge in [0.2, 0.25) is 0 Å². The van der Waals surface area contributed by atoms with Crippen molar-refractivity contribution >= 4 is 43.0 Å². The van der Waals surface area contributed by atoms with Gasteiger partial charge in [0.1, 0.15) is 12.4 Å². The first-order chi connectivity index (χ1) is 10.2. The molecule has 3 aromatic rings. The third-order valence-corrected chi connectivity index (χ3v) is 4.30. The highest BCUT2D eigenvalue weighted by Crippen LogP contribution is 2.32. The maximum Gasteiger partial charge on any atom is 0.420 e. The van der Waals surface area contributed by atoms with Crippen molar-refractivity contribution in [3.8, 4) is 5.75 Å². The summed E-state index contributed by atoms with van der Waals surface area (Å²) in [5, 5.41) is 0. The average molecular weight is 413 g/mol. The first-order valence-electron chi connectivity index (χ1n) is 6.32. The molecule has 0 N–H and O–H groups in total. The Kier molecular flexibility index (Phi) is 4.17. The van der Waals surface area contributed by atoms with Gasteiger partial charge in [0.15, 0.2) is 5.58 Å². The van der Waals surface area contributed by atoms with Gasteiger partial charge in [-0.2, -0.15) is 0 Å². The lowest BCUT2D eigenvalue weighted by molar-refractivity contribution is 0.291. The van der Waals surface area contributed by atoms with Gasteiger partial charge in [0.05, 0.1) is 21.0 Å². The fourth-order valence-electron chi connectivity index (χ4n) is 2.09. The summed E-state index contributed by atoms with van der Waals surface area (Å²) in [4.78, 5) is 11.8. The van der Waals surface area contributed by atoms with E-state index in [0.717, 1.165) is 20.2 Å². The lowest BCUT2D eigenvalue weighted by Gasteiger charge is -2.10. The zero-order chi connectivity index (χ0) is 14.8. The number of nitrogens with zero attached hydrogens (tertiary/aromatic N) is 1. The van der Waals surface area contributed by atoms with Gasteiger partial charge >= 0.3 is 5.76 Å². The minimum absolute atomic E-state index is 0.366. The van der Waals surface area contributed by atoms with E-state index in [-0.39, 0.29) is 5.76 Å². The molecule has 0 amide bonds. The van der Waals surface area contributed by atoms with Crippen LogP contribution in [0.15, 0.2) is 60.6 Å². The predicted molar refractivity (Wildman–Crippen MR) is 87.8 cm³/mol. The molecule has 1 heterocycles. The lowest BCUT2D eigenvalue weighted by atomic mass is 10.3. The molecule has 6 heteroatoms. The largest absolute Gasteiger partial charge is 0.489 e. The van der Waals surface area contributed by atoms with Crippen molar-refractivity contribution in [2.75, 3.05) is 6.61 Å². The van der Waals surface area contributed by atoms with E-state index in [1.807, 2.05) is 36.4 Å². The Hall–Kier alpha value is -1.53. The summed E-state index contributed by atoms with van der Waals surface area (Å²) in [6.45, 7) is 0.786. The van der Waals surface area contributed by atoms with Crippen molar-refractivity contribution in [3.05, 3.63) is 62.0 Å². The van der Waals surface area contributed by atoms with Gasteiger partial charge in [0.25, 0.3) is 0 Å². The molecule has 0 aliphatic rings. The maximum absolute atomic E-state index is 11.8. The Bertz CT molecular complexity index is 818. The minimum Gasteiger partial charge on any atom is -0.489 e. The van der Waals surface area contributed by atoms with Crippen LogP contribution in [0.1, 0.15) is 0 Å². The van der Waals surface area contributed by atoms with Crippen molar-refractivity contribution < 1.29 is 9.15 Å². The Labute approximate surface area is 137 Å². The van der Waals surface area contributed by atoms with E-state index < -0.39 is 0 Å². The molecule has 0 saturated carbocycles. The second kappa shape index (κ2) is 6.07. The Morgan fingerprint density at radius 1 is 1.05 bits per heavy atom. The summed E-state index contributed by atoms with van der Waals surface area (Å²) in [5.41, 5.74) is 1.36. The van der Waals surface area contributed by atoms with E-state index in [2.05, 4.69) is 31.9 Å². The zero-order valence-corrected chi connectivity index (χ0v) is 14.1. The number of hydrogen-bond acceptors (Lipinski definition) is 3. The van der Waals surface area contributed by atoms with Crippen LogP contribution in [0.3, 0.4) is 0 Å². The molecular weight excluding hydrogens is 402 g/mol. The summed E-state index contributed by atoms with van der Waals surface area (Å²) in [6.07, 6.45) is 0. The van der Waals surface area contributed by atoms with E-state index in [4.69, 9.17) is 9.15 Å². The predicted octanol–water partition coefficient (Wildman–Crippen LogP) is 4.20. The Morgan fingerprint density at radius 2 is 1.76 bits per heavy atom. The van der Waals surface area contributed by atoms with Gasteiger partial charge in [-0.25, -0.2) is 4.79 Å². The number of aromatic nitrogens is 1. The highest BCUT2D eigenvalue weighted by Gasteiger charge is 2.10. The highest BCUT2D eigenvalue weighted by molar-refractivity contribution is 9.11. The van der Waals surface area contributed by atoms with Gasteiger partial charge in [-0.1, -0.05) is 18.2 Å². The SMILES string of the molecule is O=c1oc2ccccc2n1CCOc1c(Br)cccc1Br. The summed E-state index contributed by atoms with van der Waals surface area (Å²) in [6, 6.07) is 13.1. The van der Waals surface area contributed by atoms with Crippen molar-refractivity contribution in [1.82, 2.24) is 4.57 Å². The maximum atomic E-state index is 11.8. The van der Waals surface area contributed by atoms with Crippen molar-refractivity contribution in [2.45, 2.75) is 6.54 Å². The number of fused-ring (bicyclic) bond motifs is 1. The van der Waals surface area contributed by atoms with Crippen LogP contribution in [0, 0.1) is 0 Å². The molecule has 0 aliphatic heterocycles. The molecule has 0 bridgehead atoms. The highest BCUT2D eigenvalue weighted by atomic mass is 79.9. The van der Waals surface area contributed by atoms with Crippen LogP contribution in [0.5, 0.6) is 5.75 Å². The summed E-state index contributed by atoms with van der Waals surface area (Å²) < 4.78 is 14.2. The Balaban J connectivity index is 1.78. The van der Waals surface area contributed by atoms with Crippen LogP contribution >= 0.6 is 31.9 Å².